The topological polar surface area (TPSA) is 53.4 Å². The zero-order valence-corrected chi connectivity index (χ0v) is 11.8. The first-order chi connectivity index (χ1) is 8.58. The molecule has 0 aliphatic carbocycles. The fourth-order valence-electron chi connectivity index (χ4n) is 1.54. The van der Waals surface area contributed by atoms with Gasteiger partial charge >= 0.3 is 5.97 Å². The Morgan fingerprint density at radius 1 is 1.56 bits per heavy atom. The number of carboxylic acids is 1. The predicted octanol–water partition coefficient (Wildman–Crippen LogP) is 3.32. The number of carboxylic acid groups (broad SMARTS) is 1. The molecule has 0 atom stereocenters. The highest BCUT2D eigenvalue weighted by molar-refractivity contribution is 7.17. The second-order valence-electron chi connectivity index (χ2n) is 4.11. The monoisotopic (exact) mass is 282 g/mol. The average Bonchev–Trinajstić information content (AvgIpc) is 2.96. The Labute approximate surface area is 114 Å². The van der Waals surface area contributed by atoms with Gasteiger partial charge in [0.2, 0.25) is 0 Å². The summed E-state index contributed by atoms with van der Waals surface area (Å²) in [7, 11) is 0. The minimum absolute atomic E-state index is 0.278. The lowest BCUT2D eigenvalue weighted by atomic mass is 10.3. The second kappa shape index (κ2) is 5.49. The van der Waals surface area contributed by atoms with E-state index in [1.54, 1.807) is 11.3 Å². The molecule has 0 fully saturated rings. The lowest BCUT2D eigenvalue weighted by Gasteiger charge is -2.25. The maximum absolute atomic E-state index is 10.9. The molecule has 2 aromatic heterocycles. The molecule has 6 heteroatoms. The molecule has 0 aromatic carbocycles. The summed E-state index contributed by atoms with van der Waals surface area (Å²) >= 11 is 2.91. The largest absolute Gasteiger partial charge is 0.477 e. The standard InChI is InChI=1S/C12H14N2O2S2/c1-8(2)14(7-9-4-3-5-17-9)12-13-6-10(18-12)11(15)16/h3-6,8H,7H2,1-2H3,(H,15,16). The van der Waals surface area contributed by atoms with E-state index in [1.807, 2.05) is 11.4 Å². The van der Waals surface area contributed by atoms with Gasteiger partial charge in [-0.25, -0.2) is 9.78 Å². The van der Waals surface area contributed by atoms with Gasteiger partial charge in [0.1, 0.15) is 4.88 Å². The summed E-state index contributed by atoms with van der Waals surface area (Å²) < 4.78 is 0. The highest BCUT2D eigenvalue weighted by Crippen LogP contribution is 2.26. The number of hydrogen-bond acceptors (Lipinski definition) is 5. The second-order valence-corrected chi connectivity index (χ2v) is 6.15. The molecule has 0 aliphatic rings. The van der Waals surface area contributed by atoms with Gasteiger partial charge in [0.15, 0.2) is 5.13 Å². The van der Waals surface area contributed by atoms with Gasteiger partial charge < -0.3 is 10.0 Å². The Hall–Kier alpha value is -1.40. The van der Waals surface area contributed by atoms with Crippen molar-refractivity contribution in [3.8, 4) is 0 Å². The lowest BCUT2D eigenvalue weighted by molar-refractivity contribution is 0.0702. The highest BCUT2D eigenvalue weighted by Gasteiger charge is 2.17. The molecule has 0 radical (unpaired) electrons. The smallest absolute Gasteiger partial charge is 0.347 e. The first-order valence-corrected chi connectivity index (χ1v) is 7.25. The molecule has 4 nitrogen and oxygen atoms in total. The summed E-state index contributed by atoms with van der Waals surface area (Å²) in [5.74, 6) is -0.918. The summed E-state index contributed by atoms with van der Waals surface area (Å²) in [6, 6.07) is 4.37. The summed E-state index contributed by atoms with van der Waals surface area (Å²) in [5, 5.41) is 11.7. The lowest BCUT2D eigenvalue weighted by Crippen LogP contribution is -2.29. The minimum atomic E-state index is -0.918. The van der Waals surface area contributed by atoms with Gasteiger partial charge in [-0.3, -0.25) is 0 Å². The molecule has 0 amide bonds. The van der Waals surface area contributed by atoms with Crippen LogP contribution < -0.4 is 4.90 Å². The van der Waals surface area contributed by atoms with E-state index in [1.165, 1.54) is 22.4 Å². The first-order valence-electron chi connectivity index (χ1n) is 5.56. The van der Waals surface area contributed by atoms with Gasteiger partial charge in [0, 0.05) is 10.9 Å². The molecule has 0 spiro atoms. The van der Waals surface area contributed by atoms with E-state index in [9.17, 15) is 4.79 Å². The van der Waals surface area contributed by atoms with Crippen LogP contribution >= 0.6 is 22.7 Å². The van der Waals surface area contributed by atoms with Crippen LogP contribution in [0.2, 0.25) is 0 Å². The van der Waals surface area contributed by atoms with Crippen LogP contribution in [0, 0.1) is 0 Å². The van der Waals surface area contributed by atoms with Gasteiger partial charge in [0.05, 0.1) is 12.7 Å². The molecule has 96 valence electrons. The van der Waals surface area contributed by atoms with Crippen molar-refractivity contribution in [2.75, 3.05) is 4.90 Å². The fourth-order valence-corrected chi connectivity index (χ4v) is 3.13. The van der Waals surface area contributed by atoms with Crippen molar-refractivity contribution in [2.24, 2.45) is 0 Å². The number of aromatic carboxylic acids is 1. The SMILES string of the molecule is CC(C)N(Cc1cccs1)c1ncc(C(=O)O)s1. The summed E-state index contributed by atoms with van der Waals surface area (Å²) in [6.07, 6.45) is 1.42. The van der Waals surface area contributed by atoms with Crippen molar-refractivity contribution >= 4 is 33.8 Å². The van der Waals surface area contributed by atoms with Crippen molar-refractivity contribution < 1.29 is 9.90 Å². The van der Waals surface area contributed by atoms with E-state index in [4.69, 9.17) is 5.11 Å². The van der Waals surface area contributed by atoms with Gasteiger partial charge in [-0.05, 0) is 25.3 Å². The van der Waals surface area contributed by atoms with Gasteiger partial charge in [0.25, 0.3) is 0 Å². The Bertz CT molecular complexity index is 520. The van der Waals surface area contributed by atoms with Crippen LogP contribution in [0.25, 0.3) is 0 Å². The zero-order valence-electron chi connectivity index (χ0n) is 10.2. The Balaban J connectivity index is 2.21. The van der Waals surface area contributed by atoms with E-state index in [0.29, 0.717) is 0 Å². The van der Waals surface area contributed by atoms with E-state index in [2.05, 4.69) is 29.8 Å². The third kappa shape index (κ3) is 2.88. The molecular weight excluding hydrogens is 268 g/mol. The van der Waals surface area contributed by atoms with Gasteiger partial charge in [-0.15, -0.1) is 11.3 Å². The van der Waals surface area contributed by atoms with Crippen LogP contribution in [0.4, 0.5) is 5.13 Å². The number of anilines is 1. The van der Waals surface area contributed by atoms with Gasteiger partial charge in [-0.1, -0.05) is 17.4 Å². The molecule has 2 heterocycles. The maximum atomic E-state index is 10.9. The molecule has 0 unspecified atom stereocenters. The molecule has 0 saturated heterocycles. The predicted molar refractivity (Wildman–Crippen MR) is 74.7 cm³/mol. The normalized spacial score (nSPS) is 10.8. The Morgan fingerprint density at radius 2 is 2.33 bits per heavy atom. The van der Waals surface area contributed by atoms with E-state index >= 15 is 0 Å². The average molecular weight is 282 g/mol. The maximum Gasteiger partial charge on any atom is 0.347 e. The van der Waals surface area contributed by atoms with Crippen molar-refractivity contribution in [1.29, 1.82) is 0 Å². The summed E-state index contributed by atoms with van der Waals surface area (Å²) in [6.45, 7) is 4.92. The summed E-state index contributed by atoms with van der Waals surface area (Å²) in [4.78, 5) is 18.7. The van der Waals surface area contributed by atoms with E-state index < -0.39 is 5.97 Å². The van der Waals surface area contributed by atoms with Crippen LogP contribution in [-0.2, 0) is 6.54 Å². The third-order valence-electron chi connectivity index (χ3n) is 2.48. The Morgan fingerprint density at radius 3 is 2.83 bits per heavy atom. The number of thiophene rings is 1. The van der Waals surface area contributed by atoms with Crippen molar-refractivity contribution in [2.45, 2.75) is 26.4 Å². The molecular formula is C12H14N2O2S2. The van der Waals surface area contributed by atoms with Crippen LogP contribution in [0.15, 0.2) is 23.7 Å². The van der Waals surface area contributed by atoms with Crippen molar-refractivity contribution in [3.63, 3.8) is 0 Å². The van der Waals surface area contributed by atoms with Crippen LogP contribution in [0.3, 0.4) is 0 Å². The summed E-state index contributed by atoms with van der Waals surface area (Å²) in [5.41, 5.74) is 0. The quantitative estimate of drug-likeness (QED) is 0.914. The molecule has 2 aromatic rings. The molecule has 0 aliphatic heterocycles. The van der Waals surface area contributed by atoms with E-state index in [-0.39, 0.29) is 10.9 Å². The number of aromatic nitrogens is 1. The third-order valence-corrected chi connectivity index (χ3v) is 4.36. The van der Waals surface area contributed by atoms with Gasteiger partial charge in [-0.2, -0.15) is 0 Å². The Kier molecular flexibility index (Phi) is 3.98. The minimum Gasteiger partial charge on any atom is -0.477 e. The van der Waals surface area contributed by atoms with Crippen LogP contribution in [-0.4, -0.2) is 22.1 Å². The molecule has 2 rings (SSSR count). The number of nitrogens with zero attached hydrogens (tertiary/aromatic N) is 2. The first kappa shape index (κ1) is 13.0. The number of hydrogen-bond donors (Lipinski definition) is 1. The number of rotatable bonds is 5. The molecule has 0 bridgehead atoms. The van der Waals surface area contributed by atoms with E-state index in [0.717, 1.165) is 11.7 Å². The number of thiazole rings is 1. The van der Waals surface area contributed by atoms with Crippen LogP contribution in [0.5, 0.6) is 0 Å². The fraction of sp³-hybridized carbons (Fsp3) is 0.333. The molecule has 18 heavy (non-hydrogen) atoms. The zero-order chi connectivity index (χ0) is 13.1. The van der Waals surface area contributed by atoms with Crippen LogP contribution in [0.1, 0.15) is 28.4 Å². The number of carbonyl (C=O) groups is 1. The molecule has 0 saturated carbocycles. The highest BCUT2D eigenvalue weighted by atomic mass is 32.1. The molecule has 1 N–H and O–H groups in total. The van der Waals surface area contributed by atoms with Crippen molar-refractivity contribution in [1.82, 2.24) is 4.98 Å². The van der Waals surface area contributed by atoms with Crippen molar-refractivity contribution in [3.05, 3.63) is 33.5 Å².